The highest BCUT2D eigenvalue weighted by molar-refractivity contribution is 7.80. The summed E-state index contributed by atoms with van der Waals surface area (Å²) in [6, 6.07) is 0. The Balaban J connectivity index is 2.34. The van der Waals surface area contributed by atoms with Gasteiger partial charge in [0.1, 0.15) is 5.82 Å². The van der Waals surface area contributed by atoms with Crippen molar-refractivity contribution in [1.82, 2.24) is 15.3 Å². The molecule has 0 aromatic carbocycles. The molecule has 18 heavy (non-hydrogen) atoms. The number of nitrogens with one attached hydrogen (secondary N) is 2. The predicted octanol–water partition coefficient (Wildman–Crippen LogP) is 1.16. The van der Waals surface area contributed by atoms with E-state index in [1.54, 1.807) is 19.3 Å². The van der Waals surface area contributed by atoms with Crippen LogP contribution in [0.25, 0.3) is 0 Å². The number of imidazole rings is 1. The molecule has 0 saturated heterocycles. The van der Waals surface area contributed by atoms with Gasteiger partial charge >= 0.3 is 0 Å². The third kappa shape index (κ3) is 3.53. The molecule has 1 heterocycles. The topological polar surface area (TPSA) is 83.8 Å². The molecule has 0 aliphatic rings. The van der Waals surface area contributed by atoms with Crippen LogP contribution in [-0.4, -0.2) is 27.4 Å². The first-order chi connectivity index (χ1) is 8.50. The number of aromatic amines is 1. The number of carbonyl (C=O) groups excluding carboxylic acids is 1. The van der Waals surface area contributed by atoms with Crippen LogP contribution < -0.4 is 11.1 Å². The van der Waals surface area contributed by atoms with E-state index in [0.717, 1.165) is 18.7 Å². The molecule has 1 aromatic heterocycles. The lowest BCUT2D eigenvalue weighted by Crippen LogP contribution is -2.46. The lowest BCUT2D eigenvalue weighted by Gasteiger charge is -2.25. The van der Waals surface area contributed by atoms with Crippen LogP contribution in [-0.2, 0) is 11.2 Å². The number of thiocarbonyl (C=S) groups is 1. The van der Waals surface area contributed by atoms with E-state index in [9.17, 15) is 4.79 Å². The van der Waals surface area contributed by atoms with Gasteiger partial charge in [-0.15, -0.1) is 0 Å². The quantitative estimate of drug-likeness (QED) is 0.512. The first kappa shape index (κ1) is 14.6. The fraction of sp³-hybridized carbons (Fsp3) is 0.583. The fourth-order valence-corrected chi connectivity index (χ4v) is 1.77. The average molecular weight is 268 g/mol. The van der Waals surface area contributed by atoms with E-state index in [-0.39, 0.29) is 10.9 Å². The van der Waals surface area contributed by atoms with Gasteiger partial charge in [0.25, 0.3) is 0 Å². The number of hydrogen-bond acceptors (Lipinski definition) is 3. The van der Waals surface area contributed by atoms with Gasteiger partial charge in [-0.25, -0.2) is 4.98 Å². The number of hydrogen-bond donors (Lipinski definition) is 3. The second kappa shape index (κ2) is 6.49. The molecule has 0 aliphatic heterocycles. The lowest BCUT2D eigenvalue weighted by molar-refractivity contribution is -0.126. The van der Waals surface area contributed by atoms with Gasteiger partial charge in [-0.2, -0.15) is 0 Å². The smallest absolute Gasteiger partial charge is 0.232 e. The summed E-state index contributed by atoms with van der Waals surface area (Å²) in [5, 5.41) is 2.87. The summed E-state index contributed by atoms with van der Waals surface area (Å²) in [4.78, 5) is 19.4. The molecule has 0 aliphatic carbocycles. The van der Waals surface area contributed by atoms with Gasteiger partial charge in [0.05, 0.1) is 10.4 Å². The summed E-state index contributed by atoms with van der Waals surface area (Å²) >= 11 is 4.95. The number of nitrogens with two attached hydrogens (primary N) is 1. The maximum absolute atomic E-state index is 12.0. The molecule has 0 radical (unpaired) electrons. The van der Waals surface area contributed by atoms with Crippen molar-refractivity contribution in [1.29, 1.82) is 0 Å². The first-order valence-corrected chi connectivity index (χ1v) is 6.48. The minimum absolute atomic E-state index is 0.100. The molecule has 1 aromatic rings. The molecule has 1 rings (SSSR count). The molecular weight excluding hydrogens is 248 g/mol. The molecule has 1 atom stereocenters. The van der Waals surface area contributed by atoms with Crippen LogP contribution in [0.4, 0.5) is 0 Å². The van der Waals surface area contributed by atoms with Gasteiger partial charge in [0.2, 0.25) is 5.91 Å². The highest BCUT2D eigenvalue weighted by Gasteiger charge is 2.34. The summed E-state index contributed by atoms with van der Waals surface area (Å²) in [6.45, 7) is 4.27. The highest BCUT2D eigenvalue weighted by Crippen LogP contribution is 2.21. The van der Waals surface area contributed by atoms with Gasteiger partial charge in [-0.1, -0.05) is 19.1 Å². The summed E-state index contributed by atoms with van der Waals surface area (Å²) in [6.07, 6.45) is 5.75. The summed E-state index contributed by atoms with van der Waals surface area (Å²) < 4.78 is 0. The number of aryl methyl sites for hydroxylation is 1. The monoisotopic (exact) mass is 268 g/mol. The van der Waals surface area contributed by atoms with Crippen LogP contribution in [0.5, 0.6) is 0 Å². The molecule has 0 spiro atoms. The van der Waals surface area contributed by atoms with Crippen LogP contribution in [0, 0.1) is 5.41 Å². The second-order valence-electron chi connectivity index (χ2n) is 4.45. The van der Waals surface area contributed by atoms with Gasteiger partial charge in [0, 0.05) is 25.4 Å². The zero-order valence-electron chi connectivity index (χ0n) is 10.8. The van der Waals surface area contributed by atoms with Crippen molar-refractivity contribution in [2.75, 3.05) is 6.54 Å². The van der Waals surface area contributed by atoms with E-state index < -0.39 is 5.41 Å². The van der Waals surface area contributed by atoms with Crippen LogP contribution in [0.3, 0.4) is 0 Å². The number of aromatic nitrogens is 2. The Morgan fingerprint density at radius 1 is 1.67 bits per heavy atom. The molecule has 5 nitrogen and oxygen atoms in total. The Morgan fingerprint density at radius 3 is 2.89 bits per heavy atom. The minimum atomic E-state index is -0.750. The molecule has 0 bridgehead atoms. The van der Waals surface area contributed by atoms with Crippen molar-refractivity contribution < 1.29 is 4.79 Å². The van der Waals surface area contributed by atoms with Gasteiger partial charge in [-0.3, -0.25) is 4.79 Å². The lowest BCUT2D eigenvalue weighted by atomic mass is 9.86. The maximum Gasteiger partial charge on any atom is 0.232 e. The van der Waals surface area contributed by atoms with E-state index in [0.29, 0.717) is 13.0 Å². The molecule has 100 valence electrons. The zero-order chi connectivity index (χ0) is 13.6. The number of amides is 1. The van der Waals surface area contributed by atoms with Gasteiger partial charge in [-0.05, 0) is 19.8 Å². The maximum atomic E-state index is 12.0. The van der Waals surface area contributed by atoms with Crippen molar-refractivity contribution in [3.05, 3.63) is 18.2 Å². The number of carbonyl (C=O) groups is 1. The van der Waals surface area contributed by atoms with Crippen LogP contribution >= 0.6 is 12.2 Å². The predicted molar refractivity (Wildman–Crippen MR) is 75.1 cm³/mol. The van der Waals surface area contributed by atoms with Crippen molar-refractivity contribution >= 4 is 23.1 Å². The third-order valence-electron chi connectivity index (χ3n) is 3.18. The summed E-state index contributed by atoms with van der Waals surface area (Å²) in [5.41, 5.74) is 4.87. The van der Waals surface area contributed by atoms with Crippen LogP contribution in [0.1, 0.15) is 32.5 Å². The van der Waals surface area contributed by atoms with E-state index in [1.165, 1.54) is 0 Å². The Hall–Kier alpha value is -1.43. The molecule has 0 fully saturated rings. The van der Waals surface area contributed by atoms with Crippen molar-refractivity contribution in [2.24, 2.45) is 11.1 Å². The Bertz CT molecular complexity index is 404. The second-order valence-corrected chi connectivity index (χ2v) is 4.89. The van der Waals surface area contributed by atoms with Crippen molar-refractivity contribution in [2.45, 2.75) is 33.1 Å². The zero-order valence-corrected chi connectivity index (χ0v) is 11.6. The molecule has 1 amide bonds. The largest absolute Gasteiger partial charge is 0.392 e. The SMILES string of the molecule is CCC(C)(C(=O)NCCCc1ncc[nH]1)C(N)=S. The van der Waals surface area contributed by atoms with Crippen molar-refractivity contribution in [3.63, 3.8) is 0 Å². The van der Waals surface area contributed by atoms with E-state index in [1.807, 2.05) is 6.92 Å². The molecule has 6 heteroatoms. The van der Waals surface area contributed by atoms with E-state index >= 15 is 0 Å². The van der Waals surface area contributed by atoms with E-state index in [4.69, 9.17) is 18.0 Å². The number of H-pyrrole nitrogens is 1. The van der Waals surface area contributed by atoms with Crippen LogP contribution in [0.2, 0.25) is 0 Å². The fourth-order valence-electron chi connectivity index (χ4n) is 1.53. The molecule has 1 unspecified atom stereocenters. The summed E-state index contributed by atoms with van der Waals surface area (Å²) in [5.74, 6) is 0.828. The van der Waals surface area contributed by atoms with Crippen molar-refractivity contribution in [3.8, 4) is 0 Å². The average Bonchev–Trinajstić information content (AvgIpc) is 2.86. The first-order valence-electron chi connectivity index (χ1n) is 6.07. The molecular formula is C12H20N4OS. The normalized spacial score (nSPS) is 13.9. The number of nitrogens with zero attached hydrogens (tertiary/aromatic N) is 1. The Kier molecular flexibility index (Phi) is 5.27. The van der Waals surface area contributed by atoms with Gasteiger partial charge in [0.15, 0.2) is 0 Å². The van der Waals surface area contributed by atoms with Crippen LogP contribution in [0.15, 0.2) is 12.4 Å². The third-order valence-corrected chi connectivity index (χ3v) is 3.63. The number of rotatable bonds is 7. The molecule has 0 saturated carbocycles. The standard InChI is InChI=1S/C12H20N4OS/c1-3-12(2,10(13)18)11(17)16-6-4-5-9-14-7-8-15-9/h7-8H,3-6H2,1-2H3,(H2,13,18)(H,14,15)(H,16,17). The van der Waals surface area contributed by atoms with E-state index in [2.05, 4.69) is 15.3 Å². The Morgan fingerprint density at radius 2 is 2.39 bits per heavy atom. The summed E-state index contributed by atoms with van der Waals surface area (Å²) in [7, 11) is 0. The Labute approximate surface area is 113 Å². The highest BCUT2D eigenvalue weighted by atomic mass is 32.1. The minimum Gasteiger partial charge on any atom is -0.392 e. The molecule has 4 N–H and O–H groups in total. The van der Waals surface area contributed by atoms with Gasteiger partial charge < -0.3 is 16.0 Å².